The summed E-state index contributed by atoms with van der Waals surface area (Å²) in [6.45, 7) is 6.58. The van der Waals surface area contributed by atoms with Crippen molar-refractivity contribution in [1.82, 2.24) is 0 Å². The van der Waals surface area contributed by atoms with Crippen molar-refractivity contribution in [2.24, 2.45) is 5.41 Å². The molecule has 0 aliphatic carbocycles. The Morgan fingerprint density at radius 1 is 0.909 bits per heavy atom. The van der Waals surface area contributed by atoms with Gasteiger partial charge in [0.25, 0.3) is 0 Å². The van der Waals surface area contributed by atoms with Gasteiger partial charge in [-0.1, -0.05) is 71.8 Å². The van der Waals surface area contributed by atoms with Crippen LogP contribution in [0.25, 0.3) is 0 Å². The van der Waals surface area contributed by atoms with Crippen molar-refractivity contribution in [2.75, 3.05) is 0 Å². The van der Waals surface area contributed by atoms with Gasteiger partial charge in [-0.3, -0.25) is 0 Å². The minimum atomic E-state index is -0.499. The van der Waals surface area contributed by atoms with Crippen molar-refractivity contribution in [3.63, 3.8) is 0 Å². The van der Waals surface area contributed by atoms with Crippen molar-refractivity contribution in [3.05, 3.63) is 35.4 Å². The predicted octanol–water partition coefficient (Wildman–Crippen LogP) is 6.67. The maximum atomic E-state index is 13.7. The van der Waals surface area contributed by atoms with Crippen molar-refractivity contribution in [2.45, 2.75) is 78.6 Å². The van der Waals surface area contributed by atoms with Crippen LogP contribution >= 0.6 is 0 Å². The van der Waals surface area contributed by atoms with Gasteiger partial charge < -0.3 is 0 Å². The molecular weight excluding hydrogens is 314 g/mol. The molecule has 0 saturated carbocycles. The predicted molar refractivity (Wildman–Crippen MR) is 86.5 cm³/mol. The van der Waals surface area contributed by atoms with Gasteiger partial charge in [-0.25, -0.2) is 8.78 Å². The molecule has 0 fully saturated rings. The Morgan fingerprint density at radius 3 is 2.09 bits per heavy atom. The minimum Gasteiger partial charge on any atom is -0.207 e. The summed E-state index contributed by atoms with van der Waals surface area (Å²) >= 11 is 0. The third-order valence-electron chi connectivity index (χ3n) is 4.14. The van der Waals surface area contributed by atoms with E-state index in [2.05, 4.69) is 20.8 Å². The number of halogens is 2. The van der Waals surface area contributed by atoms with E-state index in [1.165, 1.54) is 51.0 Å². The van der Waals surface area contributed by atoms with Crippen LogP contribution in [-0.4, -0.2) is 0 Å². The van der Waals surface area contributed by atoms with Gasteiger partial charge in [0.2, 0.25) is 0 Å². The summed E-state index contributed by atoms with van der Waals surface area (Å²) in [5.74, 6) is -0.913. The Labute approximate surface area is 150 Å². The van der Waals surface area contributed by atoms with Gasteiger partial charge in [0, 0.05) is 27.8 Å². The molecule has 1 aromatic carbocycles. The zero-order valence-electron chi connectivity index (χ0n) is 14.4. The number of hydrogen-bond donors (Lipinski definition) is 0. The summed E-state index contributed by atoms with van der Waals surface area (Å²) in [7, 11) is 0. The van der Waals surface area contributed by atoms with Gasteiger partial charge in [0.05, 0.1) is 0 Å². The molecule has 0 aliphatic rings. The van der Waals surface area contributed by atoms with E-state index in [1.807, 2.05) is 0 Å². The van der Waals surface area contributed by atoms with Crippen LogP contribution in [-0.2, 0) is 28.1 Å². The van der Waals surface area contributed by atoms with Gasteiger partial charge in [-0.15, -0.1) is 0 Å². The van der Waals surface area contributed by atoms with Crippen LogP contribution in [0.1, 0.15) is 77.7 Å². The molecule has 0 aromatic heterocycles. The first-order valence-corrected chi connectivity index (χ1v) is 8.38. The van der Waals surface area contributed by atoms with Gasteiger partial charge >= 0.3 is 0 Å². The van der Waals surface area contributed by atoms with E-state index < -0.39 is 11.6 Å². The molecule has 0 saturated heterocycles. The fraction of sp³-hybridized carbons (Fsp3) is 0.684. The number of unbranched alkanes of at least 4 members (excludes halogenated alkanes) is 6. The molecule has 0 atom stereocenters. The second kappa shape index (κ2) is 11.3. The van der Waals surface area contributed by atoms with Gasteiger partial charge in [0.15, 0.2) is 0 Å². The van der Waals surface area contributed by atoms with Gasteiger partial charge in [-0.05, 0) is 29.9 Å². The Balaban J connectivity index is 0.00000441. The molecule has 0 spiro atoms. The van der Waals surface area contributed by atoms with Gasteiger partial charge in [-0.2, -0.15) is 0 Å². The smallest absolute Gasteiger partial charge is 0.129 e. The molecule has 0 aliphatic heterocycles. The first-order chi connectivity index (χ1) is 9.94. The zero-order chi connectivity index (χ0) is 15.7. The number of hydrogen-bond acceptors (Lipinski definition) is 0. The molecule has 0 N–H and O–H groups in total. The Kier molecular flexibility index (Phi) is 11.2. The van der Waals surface area contributed by atoms with Crippen LogP contribution in [0.3, 0.4) is 0 Å². The number of rotatable bonds is 10. The molecule has 124 valence electrons. The molecule has 0 radical (unpaired) electrons. The van der Waals surface area contributed by atoms with Gasteiger partial charge in [0.1, 0.15) is 11.6 Å². The summed E-state index contributed by atoms with van der Waals surface area (Å²) in [6.07, 6.45) is 10.8. The van der Waals surface area contributed by atoms with Crippen molar-refractivity contribution in [3.8, 4) is 0 Å². The molecule has 3 heteroatoms. The first kappa shape index (κ1) is 21.8. The molecule has 0 amide bonds. The van der Waals surface area contributed by atoms with Crippen LogP contribution in [0.5, 0.6) is 0 Å². The fourth-order valence-electron chi connectivity index (χ4n) is 2.83. The van der Waals surface area contributed by atoms with Crippen molar-refractivity contribution >= 4 is 0 Å². The third kappa shape index (κ3) is 9.05. The average molecular weight is 344 g/mol. The summed E-state index contributed by atoms with van der Waals surface area (Å²) in [4.78, 5) is 0. The SMILES string of the molecule is CCCCCCCCCC(C)(C)Cc1ccc(F)cc1F.[Ti]. The number of benzene rings is 1. The van der Waals surface area contributed by atoms with E-state index >= 15 is 0 Å². The summed E-state index contributed by atoms with van der Waals surface area (Å²) in [6, 6.07) is 3.92. The standard InChI is InChI=1S/C19H30F2.Ti/c1-4-5-6-7-8-9-10-13-19(2,3)15-16-11-12-17(20)14-18(16)21;/h11-12,14H,4-10,13,15H2,1-3H3;. The van der Waals surface area contributed by atoms with Crippen LogP contribution in [0.4, 0.5) is 8.78 Å². The average Bonchev–Trinajstić information content (AvgIpc) is 2.41. The van der Waals surface area contributed by atoms with Crippen molar-refractivity contribution < 1.29 is 30.5 Å². The molecule has 1 rings (SSSR count). The molecule has 0 bridgehead atoms. The van der Waals surface area contributed by atoms with Crippen LogP contribution in [0, 0.1) is 17.0 Å². The Hall–Kier alpha value is -0.206. The topological polar surface area (TPSA) is 0 Å². The third-order valence-corrected chi connectivity index (χ3v) is 4.14. The summed E-state index contributed by atoms with van der Waals surface area (Å²) in [5, 5.41) is 0. The molecule has 0 nitrogen and oxygen atoms in total. The molecule has 0 unspecified atom stereocenters. The monoisotopic (exact) mass is 344 g/mol. The second-order valence-electron chi connectivity index (χ2n) is 6.95. The Bertz CT molecular complexity index is 416. The second-order valence-corrected chi connectivity index (χ2v) is 6.95. The van der Waals surface area contributed by atoms with E-state index in [0.29, 0.717) is 12.0 Å². The van der Waals surface area contributed by atoms with Crippen LogP contribution in [0.15, 0.2) is 18.2 Å². The van der Waals surface area contributed by atoms with E-state index in [9.17, 15) is 8.78 Å². The van der Waals surface area contributed by atoms with Crippen LogP contribution in [0.2, 0.25) is 0 Å². The summed E-state index contributed by atoms with van der Waals surface area (Å²) in [5.41, 5.74) is 0.701. The van der Waals surface area contributed by atoms with E-state index in [-0.39, 0.29) is 27.1 Å². The van der Waals surface area contributed by atoms with Crippen molar-refractivity contribution in [1.29, 1.82) is 0 Å². The molecule has 22 heavy (non-hydrogen) atoms. The fourth-order valence-corrected chi connectivity index (χ4v) is 2.83. The largest absolute Gasteiger partial charge is 0.207 e. The maximum absolute atomic E-state index is 13.7. The van der Waals surface area contributed by atoms with E-state index in [4.69, 9.17) is 0 Å². The first-order valence-electron chi connectivity index (χ1n) is 8.38. The zero-order valence-corrected chi connectivity index (χ0v) is 15.9. The molecular formula is C19H30F2Ti. The van der Waals surface area contributed by atoms with E-state index in [0.717, 1.165) is 12.5 Å². The minimum absolute atomic E-state index is 0. The normalized spacial score (nSPS) is 11.3. The quantitative estimate of drug-likeness (QED) is 0.328. The Morgan fingerprint density at radius 2 is 1.50 bits per heavy atom. The maximum Gasteiger partial charge on any atom is 0.129 e. The van der Waals surface area contributed by atoms with Crippen LogP contribution < -0.4 is 0 Å². The molecule has 1 aromatic rings. The van der Waals surface area contributed by atoms with E-state index in [1.54, 1.807) is 6.07 Å². The molecule has 0 heterocycles. The summed E-state index contributed by atoms with van der Waals surface area (Å²) < 4.78 is 26.6.